The largest absolute Gasteiger partial charge is 2.00 e. The van der Waals surface area contributed by atoms with Crippen LogP contribution in [-0.2, 0) is 17.1 Å². The molecule has 0 fully saturated rings. The molecule has 9 heteroatoms. The number of nitrogens with two attached hydrogens (primary N) is 2. The van der Waals surface area contributed by atoms with Crippen molar-refractivity contribution < 1.29 is 17.1 Å². The fourth-order valence-electron chi connectivity index (χ4n) is 0.222. The molecule has 0 rings (SSSR count). The molecule has 0 radical (unpaired) electrons. The minimum Gasteiger partial charge on any atom is -0.398 e. The van der Waals surface area contributed by atoms with Gasteiger partial charge in [0.25, 0.3) is 0 Å². The van der Waals surface area contributed by atoms with Crippen LogP contribution in [0.25, 0.3) is 0 Å². The normalized spacial score (nSPS) is 8.67. The molecule has 0 aromatic carbocycles. The minimum absolute atomic E-state index is 0. The van der Waals surface area contributed by atoms with Crippen LogP contribution < -0.4 is 22.3 Å². The van der Waals surface area contributed by atoms with E-state index in [4.69, 9.17) is 11.5 Å². The second-order valence-corrected chi connectivity index (χ2v) is 2.50. The number of hydrogen-bond acceptors (Lipinski definition) is 4. The van der Waals surface area contributed by atoms with E-state index in [1.165, 1.54) is 0 Å². The molecular formula is C6H12FeN6S2. The molecule has 0 atom stereocenters. The van der Waals surface area contributed by atoms with E-state index in [-0.39, 0.29) is 27.3 Å². The van der Waals surface area contributed by atoms with E-state index in [9.17, 15) is 0 Å². The molecule has 86 valence electrons. The summed E-state index contributed by atoms with van der Waals surface area (Å²) in [4.78, 5) is 0. The molecule has 0 saturated heterocycles. The van der Waals surface area contributed by atoms with Crippen LogP contribution in [0, 0.1) is 0 Å². The summed E-state index contributed by atoms with van der Waals surface area (Å²) in [7, 11) is 0. The third-order valence-corrected chi connectivity index (χ3v) is 0.738. The first-order valence-electron chi connectivity index (χ1n) is 3.38. The van der Waals surface area contributed by atoms with Gasteiger partial charge >= 0.3 is 17.1 Å². The summed E-state index contributed by atoms with van der Waals surface area (Å²) in [6, 6.07) is 0. The Hall–Kier alpha value is -0.761. The molecule has 0 aliphatic rings. The van der Waals surface area contributed by atoms with Crippen molar-refractivity contribution in [3.63, 3.8) is 0 Å². The monoisotopic (exact) mass is 288 g/mol. The Morgan fingerprint density at radius 2 is 1.27 bits per heavy atom. The van der Waals surface area contributed by atoms with E-state index in [0.717, 1.165) is 0 Å². The van der Waals surface area contributed by atoms with E-state index in [0.29, 0.717) is 0 Å². The van der Waals surface area contributed by atoms with Crippen molar-refractivity contribution in [1.82, 2.24) is 10.9 Å². The SMILES string of the molecule is C[C-]=NNC(N)=S.C[C-]=NNC(N)=S.[Fe+2]. The molecule has 0 saturated carbocycles. The average Bonchev–Trinajstić information content (AvgIpc) is 2.12. The molecule has 0 bridgehead atoms. The van der Waals surface area contributed by atoms with Crippen LogP contribution in [0.3, 0.4) is 0 Å². The van der Waals surface area contributed by atoms with Crippen LogP contribution in [0.1, 0.15) is 13.8 Å². The second-order valence-electron chi connectivity index (χ2n) is 1.62. The maximum Gasteiger partial charge on any atom is 2.00 e. The molecule has 0 heterocycles. The Kier molecular flexibility index (Phi) is 20.7. The van der Waals surface area contributed by atoms with Gasteiger partial charge in [-0.2, -0.15) is 13.8 Å². The van der Waals surface area contributed by atoms with E-state index in [1.807, 2.05) is 0 Å². The maximum atomic E-state index is 4.97. The fourth-order valence-corrected chi connectivity index (χ4v) is 0.313. The summed E-state index contributed by atoms with van der Waals surface area (Å²) in [5.41, 5.74) is 14.6. The second kappa shape index (κ2) is 15.7. The topological polar surface area (TPSA) is 101 Å². The van der Waals surface area contributed by atoms with E-state index < -0.39 is 0 Å². The van der Waals surface area contributed by atoms with Gasteiger partial charge in [-0.05, 0) is 24.4 Å². The van der Waals surface area contributed by atoms with Crippen LogP contribution in [0.4, 0.5) is 0 Å². The molecule has 0 amide bonds. The Morgan fingerprint density at radius 1 is 1.00 bits per heavy atom. The van der Waals surface area contributed by atoms with Crippen LogP contribution >= 0.6 is 24.4 Å². The van der Waals surface area contributed by atoms with Gasteiger partial charge in [-0.15, -0.1) is 0 Å². The van der Waals surface area contributed by atoms with Crippen LogP contribution in [-0.4, -0.2) is 22.7 Å². The Morgan fingerprint density at radius 3 is 1.33 bits per heavy atom. The Labute approximate surface area is 110 Å². The Bertz CT molecular complexity index is 206. The summed E-state index contributed by atoms with van der Waals surface area (Å²) in [5, 5.41) is 7.13. The molecule has 0 aliphatic heterocycles. The predicted octanol–water partition coefficient (Wildman–Crippen LogP) is -0.598. The van der Waals surface area contributed by atoms with Crippen molar-refractivity contribution in [1.29, 1.82) is 0 Å². The molecule has 0 aromatic rings. The van der Waals surface area contributed by atoms with Crippen LogP contribution in [0.5, 0.6) is 0 Å². The number of nitrogens with zero attached hydrogens (tertiary/aromatic N) is 2. The van der Waals surface area contributed by atoms with E-state index in [2.05, 4.69) is 57.9 Å². The fraction of sp³-hybridized carbons (Fsp3) is 0.333. The first kappa shape index (κ1) is 19.8. The van der Waals surface area contributed by atoms with Gasteiger partial charge in [-0.25, -0.2) is 0 Å². The smallest absolute Gasteiger partial charge is 0.398 e. The van der Waals surface area contributed by atoms with Crippen molar-refractivity contribution >= 4 is 47.1 Å². The quantitative estimate of drug-likeness (QED) is 0.178. The van der Waals surface area contributed by atoms with Gasteiger partial charge in [-0.1, -0.05) is 0 Å². The zero-order valence-electron chi connectivity index (χ0n) is 8.22. The number of thiocarbonyl (C=S) groups is 2. The van der Waals surface area contributed by atoms with Crippen molar-refractivity contribution in [2.75, 3.05) is 0 Å². The van der Waals surface area contributed by atoms with Gasteiger partial charge in [0.15, 0.2) is 10.2 Å². The van der Waals surface area contributed by atoms with E-state index in [1.54, 1.807) is 13.8 Å². The molecule has 0 unspecified atom stereocenters. The maximum absolute atomic E-state index is 4.97. The summed E-state index contributed by atoms with van der Waals surface area (Å²) >= 11 is 8.79. The van der Waals surface area contributed by atoms with Crippen LogP contribution in [0.15, 0.2) is 10.2 Å². The van der Waals surface area contributed by atoms with Gasteiger partial charge in [0.2, 0.25) is 0 Å². The third-order valence-electron chi connectivity index (χ3n) is 0.556. The standard InChI is InChI=1S/2C3H6N3S.Fe/c2*1-2-5-6-3(4)7;/h2*1H3,(H3,4,6,7);/q2*-1;+2. The van der Waals surface area contributed by atoms with E-state index >= 15 is 0 Å². The average molecular weight is 288 g/mol. The molecule has 6 N–H and O–H groups in total. The van der Waals surface area contributed by atoms with Gasteiger partial charge in [-0.3, -0.25) is 10.9 Å². The Balaban J connectivity index is -0.000000180. The third kappa shape index (κ3) is 31.9. The van der Waals surface area contributed by atoms with Gasteiger partial charge in [0.05, 0.1) is 0 Å². The van der Waals surface area contributed by atoms with Crippen molar-refractivity contribution in [2.24, 2.45) is 21.7 Å². The zero-order valence-corrected chi connectivity index (χ0v) is 11.0. The zero-order chi connectivity index (χ0) is 11.4. The molecule has 0 spiro atoms. The first-order valence-corrected chi connectivity index (χ1v) is 4.20. The van der Waals surface area contributed by atoms with Crippen LogP contribution in [0.2, 0.25) is 0 Å². The molecule has 0 aliphatic carbocycles. The summed E-state index contributed by atoms with van der Waals surface area (Å²) < 4.78 is 0. The van der Waals surface area contributed by atoms with Crippen molar-refractivity contribution in [3.8, 4) is 0 Å². The number of nitrogens with one attached hydrogen (secondary N) is 2. The number of hydrazone groups is 2. The van der Waals surface area contributed by atoms with Gasteiger partial charge < -0.3 is 34.1 Å². The van der Waals surface area contributed by atoms with Crippen molar-refractivity contribution in [3.05, 3.63) is 0 Å². The predicted molar refractivity (Wildman–Crippen MR) is 66.1 cm³/mol. The number of hydrogen-bond donors (Lipinski definition) is 4. The van der Waals surface area contributed by atoms with Gasteiger partial charge in [0, 0.05) is 0 Å². The first-order chi connectivity index (χ1) is 6.54. The summed E-state index contributed by atoms with van der Waals surface area (Å²) in [6.45, 7) is 3.29. The molecule has 0 aromatic heterocycles. The minimum atomic E-state index is 0. The molecule has 15 heavy (non-hydrogen) atoms. The van der Waals surface area contributed by atoms with Gasteiger partial charge in [0.1, 0.15) is 0 Å². The molecule has 6 nitrogen and oxygen atoms in total. The van der Waals surface area contributed by atoms with Crippen molar-refractivity contribution in [2.45, 2.75) is 13.8 Å². The number of rotatable bonds is 2. The molecular weight excluding hydrogens is 276 g/mol. The summed E-state index contributed by atoms with van der Waals surface area (Å²) in [6.07, 6.45) is 4.89. The summed E-state index contributed by atoms with van der Waals surface area (Å²) in [5.74, 6) is 0.